The average molecular weight is 340 g/mol. The van der Waals surface area contributed by atoms with E-state index in [1.165, 1.54) is 0 Å². The first kappa shape index (κ1) is 19.5. The lowest BCUT2D eigenvalue weighted by Gasteiger charge is -2.32. The normalized spacial score (nSPS) is 15.7. The number of likely N-dealkylation sites (tertiary alicyclic amines) is 1. The second kappa shape index (κ2) is 8.31. The molecule has 0 atom stereocenters. The third kappa shape index (κ3) is 5.84. The molecular formula is C17H26ClN3O2. The quantitative estimate of drug-likeness (QED) is 0.878. The van der Waals surface area contributed by atoms with Gasteiger partial charge < -0.3 is 16.0 Å². The molecule has 2 amide bonds. The first-order chi connectivity index (χ1) is 10.4. The van der Waals surface area contributed by atoms with Gasteiger partial charge in [0.25, 0.3) is 5.91 Å². The fourth-order valence-electron chi connectivity index (χ4n) is 2.57. The molecule has 0 unspecified atom stereocenters. The molecule has 1 aromatic rings. The minimum absolute atomic E-state index is 0. The molecule has 1 aliphatic heterocycles. The van der Waals surface area contributed by atoms with Gasteiger partial charge in [0.15, 0.2) is 0 Å². The maximum atomic E-state index is 12.3. The lowest BCUT2D eigenvalue weighted by molar-refractivity contribution is -0.126. The van der Waals surface area contributed by atoms with Gasteiger partial charge >= 0.3 is 0 Å². The highest BCUT2D eigenvalue weighted by molar-refractivity contribution is 5.94. The summed E-state index contributed by atoms with van der Waals surface area (Å²) in [5.41, 5.74) is 6.17. The molecule has 6 heteroatoms. The Morgan fingerprint density at radius 2 is 1.78 bits per heavy atom. The molecule has 0 radical (unpaired) electrons. The summed E-state index contributed by atoms with van der Waals surface area (Å²) in [6.45, 7) is 5.48. The molecule has 5 nitrogen and oxygen atoms in total. The van der Waals surface area contributed by atoms with Crippen molar-refractivity contribution in [3.8, 4) is 0 Å². The summed E-state index contributed by atoms with van der Waals surface area (Å²) in [4.78, 5) is 26.3. The van der Waals surface area contributed by atoms with Crippen LogP contribution in [0.4, 0.5) is 0 Å². The second-order valence-corrected chi connectivity index (χ2v) is 6.64. The topological polar surface area (TPSA) is 75.4 Å². The molecule has 1 saturated heterocycles. The molecule has 1 heterocycles. The molecule has 2 rings (SSSR count). The largest absolute Gasteiger partial charge is 0.354 e. The maximum Gasteiger partial charge on any atom is 0.253 e. The Morgan fingerprint density at radius 3 is 2.30 bits per heavy atom. The van der Waals surface area contributed by atoms with E-state index in [0.717, 1.165) is 0 Å². The lowest BCUT2D eigenvalue weighted by atomic mass is 9.95. The number of benzene rings is 1. The van der Waals surface area contributed by atoms with Gasteiger partial charge in [-0.25, -0.2) is 0 Å². The Kier molecular flexibility index (Phi) is 7.03. The minimum atomic E-state index is -0.403. The summed E-state index contributed by atoms with van der Waals surface area (Å²) in [7, 11) is 0. The van der Waals surface area contributed by atoms with Crippen LogP contribution in [0.3, 0.4) is 0 Å². The standard InChI is InChI=1S/C17H25N3O2.ClH/c1-17(2,18)12-19-15(21)13-8-10-20(11-9-13)16(22)14-6-4-3-5-7-14;/h3-7,13H,8-12,18H2,1-2H3,(H,19,21);1H. The molecule has 128 valence electrons. The van der Waals surface area contributed by atoms with E-state index in [0.29, 0.717) is 38.0 Å². The zero-order valence-corrected chi connectivity index (χ0v) is 14.6. The van der Waals surface area contributed by atoms with E-state index in [-0.39, 0.29) is 30.1 Å². The second-order valence-electron chi connectivity index (χ2n) is 6.64. The van der Waals surface area contributed by atoms with Gasteiger partial charge in [0.2, 0.25) is 5.91 Å². The maximum absolute atomic E-state index is 12.3. The zero-order chi connectivity index (χ0) is 16.2. The van der Waals surface area contributed by atoms with Crippen LogP contribution in [-0.2, 0) is 4.79 Å². The van der Waals surface area contributed by atoms with E-state index >= 15 is 0 Å². The third-order valence-corrected chi connectivity index (χ3v) is 3.89. The number of nitrogens with zero attached hydrogens (tertiary/aromatic N) is 1. The van der Waals surface area contributed by atoms with Crippen LogP contribution < -0.4 is 11.1 Å². The lowest BCUT2D eigenvalue weighted by Crippen LogP contribution is -2.48. The van der Waals surface area contributed by atoms with Crippen LogP contribution in [0.15, 0.2) is 30.3 Å². The SMILES string of the molecule is CC(C)(N)CNC(=O)C1CCN(C(=O)c2ccccc2)CC1.Cl. The number of nitrogens with two attached hydrogens (primary N) is 1. The van der Waals surface area contributed by atoms with Crippen LogP contribution in [-0.4, -0.2) is 41.9 Å². The molecule has 0 aliphatic carbocycles. The third-order valence-electron chi connectivity index (χ3n) is 3.89. The van der Waals surface area contributed by atoms with E-state index in [1.54, 1.807) is 0 Å². The molecule has 1 aromatic carbocycles. The van der Waals surface area contributed by atoms with Gasteiger partial charge in [0.05, 0.1) is 0 Å². The van der Waals surface area contributed by atoms with Gasteiger partial charge in [0, 0.05) is 36.7 Å². The van der Waals surface area contributed by atoms with Crippen LogP contribution in [0.5, 0.6) is 0 Å². The highest BCUT2D eigenvalue weighted by Gasteiger charge is 2.28. The van der Waals surface area contributed by atoms with Crippen molar-refractivity contribution in [2.45, 2.75) is 32.2 Å². The Labute approximate surface area is 144 Å². The molecule has 0 aromatic heterocycles. The number of halogens is 1. The number of rotatable bonds is 4. The van der Waals surface area contributed by atoms with Crippen molar-refractivity contribution in [2.75, 3.05) is 19.6 Å². The van der Waals surface area contributed by atoms with Crippen molar-refractivity contribution < 1.29 is 9.59 Å². The summed E-state index contributed by atoms with van der Waals surface area (Å²) in [5.74, 6) is 0.0649. The number of nitrogens with one attached hydrogen (secondary N) is 1. The fourth-order valence-corrected chi connectivity index (χ4v) is 2.57. The fraction of sp³-hybridized carbons (Fsp3) is 0.529. The number of amides is 2. The van der Waals surface area contributed by atoms with Gasteiger partial charge in [-0.1, -0.05) is 18.2 Å². The van der Waals surface area contributed by atoms with Gasteiger partial charge in [-0.05, 0) is 38.8 Å². The van der Waals surface area contributed by atoms with Crippen LogP contribution in [0.1, 0.15) is 37.0 Å². The van der Waals surface area contributed by atoms with Crippen LogP contribution in [0, 0.1) is 5.92 Å². The summed E-state index contributed by atoms with van der Waals surface area (Å²) in [6, 6.07) is 9.27. The molecule has 3 N–H and O–H groups in total. The molecule has 1 fully saturated rings. The predicted octanol–water partition coefficient (Wildman–Crippen LogP) is 1.81. The Bertz CT molecular complexity index is 520. The molecule has 0 saturated carbocycles. The Hall–Kier alpha value is -1.59. The zero-order valence-electron chi connectivity index (χ0n) is 13.7. The average Bonchev–Trinajstić information content (AvgIpc) is 2.52. The summed E-state index contributed by atoms with van der Waals surface area (Å²) in [5, 5.41) is 2.90. The van der Waals surface area contributed by atoms with Crippen LogP contribution >= 0.6 is 12.4 Å². The first-order valence-electron chi connectivity index (χ1n) is 7.78. The molecule has 0 spiro atoms. The van der Waals surface area contributed by atoms with E-state index in [1.807, 2.05) is 49.1 Å². The van der Waals surface area contributed by atoms with Crippen molar-refractivity contribution in [1.82, 2.24) is 10.2 Å². The molecule has 1 aliphatic rings. The van der Waals surface area contributed by atoms with Crippen LogP contribution in [0.2, 0.25) is 0 Å². The highest BCUT2D eigenvalue weighted by atomic mass is 35.5. The summed E-state index contributed by atoms with van der Waals surface area (Å²) in [6.07, 6.45) is 1.41. The van der Waals surface area contributed by atoms with Gasteiger partial charge in [0.1, 0.15) is 0 Å². The first-order valence-corrected chi connectivity index (χ1v) is 7.78. The Morgan fingerprint density at radius 1 is 1.22 bits per heavy atom. The molecular weight excluding hydrogens is 314 g/mol. The minimum Gasteiger partial charge on any atom is -0.354 e. The predicted molar refractivity (Wildman–Crippen MR) is 93.6 cm³/mol. The number of piperidine rings is 1. The summed E-state index contributed by atoms with van der Waals surface area (Å²) >= 11 is 0. The Balaban J connectivity index is 0.00000264. The van der Waals surface area contributed by atoms with E-state index in [2.05, 4.69) is 5.32 Å². The smallest absolute Gasteiger partial charge is 0.253 e. The number of hydrogen-bond donors (Lipinski definition) is 2. The van der Waals surface area contributed by atoms with Gasteiger partial charge in [-0.3, -0.25) is 9.59 Å². The highest BCUT2D eigenvalue weighted by Crippen LogP contribution is 2.19. The van der Waals surface area contributed by atoms with E-state index in [9.17, 15) is 9.59 Å². The van der Waals surface area contributed by atoms with Crippen molar-refractivity contribution >= 4 is 24.2 Å². The number of carbonyl (C=O) groups is 2. The molecule has 23 heavy (non-hydrogen) atoms. The van der Waals surface area contributed by atoms with Crippen molar-refractivity contribution in [3.05, 3.63) is 35.9 Å². The van der Waals surface area contributed by atoms with Gasteiger partial charge in [-0.15, -0.1) is 12.4 Å². The number of carbonyl (C=O) groups excluding carboxylic acids is 2. The van der Waals surface area contributed by atoms with E-state index < -0.39 is 5.54 Å². The van der Waals surface area contributed by atoms with Crippen molar-refractivity contribution in [3.63, 3.8) is 0 Å². The number of hydrogen-bond acceptors (Lipinski definition) is 3. The summed E-state index contributed by atoms with van der Waals surface area (Å²) < 4.78 is 0. The van der Waals surface area contributed by atoms with Crippen molar-refractivity contribution in [2.24, 2.45) is 11.7 Å². The van der Waals surface area contributed by atoms with Crippen LogP contribution in [0.25, 0.3) is 0 Å². The molecule has 0 bridgehead atoms. The van der Waals surface area contributed by atoms with Gasteiger partial charge in [-0.2, -0.15) is 0 Å². The van der Waals surface area contributed by atoms with Crippen molar-refractivity contribution in [1.29, 1.82) is 0 Å². The van der Waals surface area contributed by atoms with E-state index in [4.69, 9.17) is 5.73 Å². The monoisotopic (exact) mass is 339 g/mol.